The summed E-state index contributed by atoms with van der Waals surface area (Å²) in [5.41, 5.74) is 0. The van der Waals surface area contributed by atoms with E-state index in [9.17, 15) is 14.4 Å². The van der Waals surface area contributed by atoms with Crippen LogP contribution in [0.3, 0.4) is 0 Å². The van der Waals surface area contributed by atoms with Gasteiger partial charge >= 0.3 is 11.9 Å². The Labute approximate surface area is 75.0 Å². The molecule has 1 unspecified atom stereocenters. The highest BCUT2D eigenvalue weighted by Gasteiger charge is 2.33. The molecule has 1 fully saturated rings. The number of hydrogen-bond donors (Lipinski definition) is 0. The van der Waals surface area contributed by atoms with Crippen molar-refractivity contribution in [3.05, 3.63) is 0 Å². The van der Waals surface area contributed by atoms with Gasteiger partial charge in [0.15, 0.2) is 12.4 Å². The maximum Gasteiger partial charge on any atom is 0.316 e. The molecule has 1 saturated heterocycles. The maximum absolute atomic E-state index is 11.2. The van der Waals surface area contributed by atoms with Crippen LogP contribution in [0, 0.1) is 5.92 Å². The Morgan fingerprint density at radius 2 is 2.31 bits per heavy atom. The summed E-state index contributed by atoms with van der Waals surface area (Å²) < 4.78 is 9.06. The number of Topliss-reactive ketones (excluding diaryl/α,β-unsaturated/α-hetero) is 1. The van der Waals surface area contributed by atoms with Crippen LogP contribution in [-0.2, 0) is 23.9 Å². The standard InChI is InChI=1S/C8H10O5/c1-5(9)13-4-7(10)6-2-3-12-8(6)11/h6H,2-4H2,1H3. The molecule has 0 saturated carbocycles. The van der Waals surface area contributed by atoms with Crippen LogP contribution in [0.1, 0.15) is 13.3 Å². The van der Waals surface area contributed by atoms with Crippen molar-refractivity contribution < 1.29 is 23.9 Å². The molecular weight excluding hydrogens is 176 g/mol. The van der Waals surface area contributed by atoms with Crippen LogP contribution in [0.25, 0.3) is 0 Å². The number of ketones is 1. The fourth-order valence-corrected chi connectivity index (χ4v) is 1.06. The van der Waals surface area contributed by atoms with Crippen molar-refractivity contribution in [2.45, 2.75) is 13.3 Å². The largest absolute Gasteiger partial charge is 0.465 e. The number of carbonyl (C=O) groups excluding carboxylic acids is 3. The summed E-state index contributed by atoms with van der Waals surface area (Å²) in [6.45, 7) is 1.14. The van der Waals surface area contributed by atoms with E-state index in [0.717, 1.165) is 0 Å². The molecule has 0 spiro atoms. The third kappa shape index (κ3) is 2.54. The molecule has 0 bridgehead atoms. The number of ether oxygens (including phenoxy) is 2. The second-order valence-electron chi connectivity index (χ2n) is 2.76. The van der Waals surface area contributed by atoms with E-state index in [-0.39, 0.29) is 13.2 Å². The highest BCUT2D eigenvalue weighted by Crippen LogP contribution is 2.15. The fraction of sp³-hybridized carbons (Fsp3) is 0.625. The Morgan fingerprint density at radius 1 is 1.62 bits per heavy atom. The molecule has 5 nitrogen and oxygen atoms in total. The van der Waals surface area contributed by atoms with Gasteiger partial charge in [0.05, 0.1) is 6.61 Å². The number of carbonyl (C=O) groups is 3. The molecule has 0 N–H and O–H groups in total. The number of hydrogen-bond acceptors (Lipinski definition) is 5. The topological polar surface area (TPSA) is 69.7 Å². The monoisotopic (exact) mass is 186 g/mol. The quantitative estimate of drug-likeness (QED) is 0.446. The second-order valence-corrected chi connectivity index (χ2v) is 2.76. The van der Waals surface area contributed by atoms with Gasteiger partial charge in [-0.25, -0.2) is 0 Å². The highest BCUT2D eigenvalue weighted by molar-refractivity contribution is 6.01. The van der Waals surface area contributed by atoms with E-state index in [1.165, 1.54) is 6.92 Å². The number of cyclic esters (lactones) is 1. The van der Waals surface area contributed by atoms with Gasteiger partial charge in [0.25, 0.3) is 0 Å². The first kappa shape index (κ1) is 9.70. The van der Waals surface area contributed by atoms with E-state index in [4.69, 9.17) is 0 Å². The molecule has 13 heavy (non-hydrogen) atoms. The second kappa shape index (κ2) is 4.02. The molecule has 0 aromatic heterocycles. The minimum Gasteiger partial charge on any atom is -0.465 e. The van der Waals surface area contributed by atoms with Gasteiger partial charge in [-0.15, -0.1) is 0 Å². The van der Waals surface area contributed by atoms with E-state index >= 15 is 0 Å². The Bertz CT molecular complexity index is 245. The smallest absolute Gasteiger partial charge is 0.316 e. The van der Waals surface area contributed by atoms with Crippen LogP contribution < -0.4 is 0 Å². The summed E-state index contributed by atoms with van der Waals surface area (Å²) in [7, 11) is 0. The van der Waals surface area contributed by atoms with Crippen molar-refractivity contribution in [1.29, 1.82) is 0 Å². The van der Waals surface area contributed by atoms with Crippen LogP contribution >= 0.6 is 0 Å². The Morgan fingerprint density at radius 3 is 2.77 bits per heavy atom. The van der Waals surface area contributed by atoms with Gasteiger partial charge in [0.1, 0.15) is 5.92 Å². The normalized spacial score (nSPS) is 21.0. The molecule has 5 heteroatoms. The molecule has 1 aliphatic rings. The molecule has 0 aromatic carbocycles. The van der Waals surface area contributed by atoms with Crippen LogP contribution in [0.4, 0.5) is 0 Å². The lowest BCUT2D eigenvalue weighted by molar-refractivity contribution is -0.151. The molecule has 0 aliphatic carbocycles. The minimum atomic E-state index is -0.737. The summed E-state index contributed by atoms with van der Waals surface area (Å²) in [6, 6.07) is 0. The lowest BCUT2D eigenvalue weighted by Crippen LogP contribution is -2.24. The molecule has 1 heterocycles. The zero-order chi connectivity index (χ0) is 9.84. The maximum atomic E-state index is 11.2. The molecule has 0 radical (unpaired) electrons. The van der Waals surface area contributed by atoms with E-state index in [0.29, 0.717) is 6.42 Å². The number of esters is 2. The van der Waals surface area contributed by atoms with Crippen molar-refractivity contribution in [2.24, 2.45) is 5.92 Å². The van der Waals surface area contributed by atoms with Gasteiger partial charge < -0.3 is 9.47 Å². The van der Waals surface area contributed by atoms with Crippen LogP contribution in [0.2, 0.25) is 0 Å². The molecule has 72 valence electrons. The molecule has 0 aromatic rings. The highest BCUT2D eigenvalue weighted by atomic mass is 16.5. The van der Waals surface area contributed by atoms with Gasteiger partial charge in [-0.2, -0.15) is 0 Å². The summed E-state index contributed by atoms with van der Waals surface area (Å²) >= 11 is 0. The van der Waals surface area contributed by atoms with Gasteiger partial charge in [0.2, 0.25) is 0 Å². The SMILES string of the molecule is CC(=O)OCC(=O)C1CCOC1=O. The van der Waals surface area contributed by atoms with E-state index in [1.807, 2.05) is 0 Å². The van der Waals surface area contributed by atoms with Crippen LogP contribution in [0.5, 0.6) is 0 Å². The lowest BCUT2D eigenvalue weighted by Gasteiger charge is -2.03. The Kier molecular flexibility index (Phi) is 3.00. The third-order valence-electron chi connectivity index (χ3n) is 1.74. The van der Waals surface area contributed by atoms with Gasteiger partial charge in [-0.05, 0) is 0 Å². The van der Waals surface area contributed by atoms with Crippen LogP contribution in [-0.4, -0.2) is 30.9 Å². The van der Waals surface area contributed by atoms with Gasteiger partial charge in [-0.3, -0.25) is 14.4 Å². The molecule has 1 aliphatic heterocycles. The Balaban J connectivity index is 2.39. The molecular formula is C8H10O5. The first-order valence-electron chi connectivity index (χ1n) is 3.94. The molecule has 1 rings (SSSR count). The van der Waals surface area contributed by atoms with E-state index < -0.39 is 23.6 Å². The molecule has 1 atom stereocenters. The first-order valence-corrected chi connectivity index (χ1v) is 3.94. The summed E-state index contributed by atoms with van der Waals surface area (Å²) in [5, 5.41) is 0. The predicted molar refractivity (Wildman–Crippen MR) is 40.7 cm³/mol. The van der Waals surface area contributed by atoms with Gasteiger partial charge in [-0.1, -0.05) is 0 Å². The number of rotatable bonds is 3. The van der Waals surface area contributed by atoms with Crippen molar-refractivity contribution in [3.63, 3.8) is 0 Å². The Hall–Kier alpha value is -1.39. The summed E-state index contributed by atoms with van der Waals surface area (Å²) in [4.78, 5) is 32.4. The fourth-order valence-electron chi connectivity index (χ4n) is 1.06. The van der Waals surface area contributed by atoms with E-state index in [1.54, 1.807) is 0 Å². The third-order valence-corrected chi connectivity index (χ3v) is 1.74. The van der Waals surface area contributed by atoms with E-state index in [2.05, 4.69) is 9.47 Å². The van der Waals surface area contributed by atoms with Crippen molar-refractivity contribution in [3.8, 4) is 0 Å². The first-order chi connectivity index (χ1) is 6.11. The zero-order valence-electron chi connectivity index (χ0n) is 7.24. The predicted octanol–water partition coefficient (Wildman–Crippen LogP) is -0.318. The van der Waals surface area contributed by atoms with Gasteiger partial charge in [0, 0.05) is 13.3 Å². The minimum absolute atomic E-state index is 0.273. The van der Waals surface area contributed by atoms with Crippen molar-refractivity contribution in [2.75, 3.05) is 13.2 Å². The van der Waals surface area contributed by atoms with Crippen molar-refractivity contribution >= 4 is 17.7 Å². The summed E-state index contributed by atoms with van der Waals surface area (Å²) in [5.74, 6) is -2.17. The summed E-state index contributed by atoms with van der Waals surface area (Å²) in [6.07, 6.45) is 0.388. The van der Waals surface area contributed by atoms with Crippen LogP contribution in [0.15, 0.2) is 0 Å². The average molecular weight is 186 g/mol. The van der Waals surface area contributed by atoms with Crippen molar-refractivity contribution in [1.82, 2.24) is 0 Å². The average Bonchev–Trinajstić information content (AvgIpc) is 2.47. The molecule has 0 amide bonds. The zero-order valence-corrected chi connectivity index (χ0v) is 7.24. The lowest BCUT2D eigenvalue weighted by atomic mass is 10.0.